The second kappa shape index (κ2) is 6.28. The molecular weight excluding hydrogens is 200 g/mol. The first-order chi connectivity index (χ1) is 7.67. The highest BCUT2D eigenvalue weighted by Crippen LogP contribution is 2.11. The number of carbonyl (C=O) groups excluding carboxylic acids is 1. The lowest BCUT2D eigenvalue weighted by molar-refractivity contribution is -0.117. The molecule has 3 N–H and O–H groups in total. The highest BCUT2D eigenvalue weighted by molar-refractivity contribution is 5.94. The molecule has 1 aromatic carbocycles. The SMILES string of the molecule is CCCC(N)C(=O)Nc1cccc(CC)c1. The van der Waals surface area contributed by atoms with Crippen molar-refractivity contribution in [3.63, 3.8) is 0 Å². The van der Waals surface area contributed by atoms with Crippen LogP contribution < -0.4 is 11.1 Å². The zero-order chi connectivity index (χ0) is 12.0. The average molecular weight is 220 g/mol. The van der Waals surface area contributed by atoms with Gasteiger partial charge >= 0.3 is 0 Å². The Kier molecular flexibility index (Phi) is 4.99. The maximum Gasteiger partial charge on any atom is 0.241 e. The fraction of sp³-hybridized carbons (Fsp3) is 0.462. The normalized spacial score (nSPS) is 12.2. The van der Waals surface area contributed by atoms with E-state index in [-0.39, 0.29) is 5.91 Å². The summed E-state index contributed by atoms with van der Waals surface area (Å²) in [5.74, 6) is -0.102. The standard InChI is InChI=1S/C13H20N2O/c1-3-6-12(14)13(16)15-11-8-5-7-10(4-2)9-11/h5,7-9,12H,3-4,6,14H2,1-2H3,(H,15,16). The van der Waals surface area contributed by atoms with Gasteiger partial charge < -0.3 is 11.1 Å². The molecule has 3 heteroatoms. The van der Waals surface area contributed by atoms with Crippen molar-refractivity contribution in [1.82, 2.24) is 0 Å². The summed E-state index contributed by atoms with van der Waals surface area (Å²) in [7, 11) is 0. The van der Waals surface area contributed by atoms with E-state index in [2.05, 4.69) is 12.2 Å². The van der Waals surface area contributed by atoms with E-state index in [1.807, 2.05) is 31.2 Å². The van der Waals surface area contributed by atoms with E-state index in [1.165, 1.54) is 5.56 Å². The number of aryl methyl sites for hydroxylation is 1. The lowest BCUT2D eigenvalue weighted by Gasteiger charge is -2.11. The fourth-order valence-electron chi connectivity index (χ4n) is 1.55. The van der Waals surface area contributed by atoms with Crippen LogP contribution in [0.5, 0.6) is 0 Å². The van der Waals surface area contributed by atoms with Gasteiger partial charge in [0.1, 0.15) is 0 Å². The number of anilines is 1. The minimum Gasteiger partial charge on any atom is -0.325 e. The Balaban J connectivity index is 2.61. The largest absolute Gasteiger partial charge is 0.325 e. The smallest absolute Gasteiger partial charge is 0.241 e. The fourth-order valence-corrected chi connectivity index (χ4v) is 1.55. The van der Waals surface area contributed by atoms with Crippen LogP contribution in [-0.2, 0) is 11.2 Å². The predicted octanol–water partition coefficient (Wildman–Crippen LogP) is 2.31. The molecular formula is C13H20N2O. The molecule has 1 unspecified atom stereocenters. The van der Waals surface area contributed by atoms with Crippen LogP contribution in [0.25, 0.3) is 0 Å². The molecule has 1 atom stereocenters. The van der Waals surface area contributed by atoms with Gasteiger partial charge in [-0.3, -0.25) is 4.79 Å². The summed E-state index contributed by atoms with van der Waals surface area (Å²) >= 11 is 0. The molecule has 0 spiro atoms. The van der Waals surface area contributed by atoms with Crippen LogP contribution in [0, 0.1) is 0 Å². The van der Waals surface area contributed by atoms with E-state index < -0.39 is 6.04 Å². The van der Waals surface area contributed by atoms with Crippen LogP contribution in [-0.4, -0.2) is 11.9 Å². The molecule has 0 saturated carbocycles. The van der Waals surface area contributed by atoms with E-state index in [4.69, 9.17) is 5.73 Å². The van der Waals surface area contributed by atoms with Gasteiger partial charge in [0.2, 0.25) is 5.91 Å². The van der Waals surface area contributed by atoms with Gasteiger partial charge in [0.25, 0.3) is 0 Å². The van der Waals surface area contributed by atoms with E-state index in [1.54, 1.807) is 0 Å². The molecule has 16 heavy (non-hydrogen) atoms. The maximum absolute atomic E-state index is 11.7. The zero-order valence-electron chi connectivity index (χ0n) is 9.99. The van der Waals surface area contributed by atoms with Crippen LogP contribution in [0.1, 0.15) is 32.3 Å². The minimum absolute atomic E-state index is 0.102. The molecule has 88 valence electrons. The minimum atomic E-state index is -0.407. The zero-order valence-corrected chi connectivity index (χ0v) is 9.99. The van der Waals surface area contributed by atoms with Crippen molar-refractivity contribution in [2.75, 3.05) is 5.32 Å². The highest BCUT2D eigenvalue weighted by atomic mass is 16.2. The second-order valence-electron chi connectivity index (χ2n) is 3.94. The molecule has 3 nitrogen and oxygen atoms in total. The summed E-state index contributed by atoms with van der Waals surface area (Å²) in [5.41, 5.74) is 7.77. The van der Waals surface area contributed by atoms with Gasteiger partial charge in [-0.05, 0) is 30.5 Å². The van der Waals surface area contributed by atoms with Crippen molar-refractivity contribution < 1.29 is 4.79 Å². The second-order valence-corrected chi connectivity index (χ2v) is 3.94. The van der Waals surface area contributed by atoms with Gasteiger partial charge in [-0.25, -0.2) is 0 Å². The Labute approximate surface area is 97.0 Å². The average Bonchev–Trinajstić information content (AvgIpc) is 2.29. The Morgan fingerprint density at radius 3 is 2.81 bits per heavy atom. The third-order valence-corrected chi connectivity index (χ3v) is 2.54. The summed E-state index contributed by atoms with van der Waals surface area (Å²) in [6, 6.07) is 7.45. The molecule has 1 amide bonds. The summed E-state index contributed by atoms with van der Waals surface area (Å²) in [5, 5.41) is 2.84. The molecule has 1 rings (SSSR count). The van der Waals surface area contributed by atoms with Crippen LogP contribution >= 0.6 is 0 Å². The van der Waals surface area contributed by atoms with Crippen LogP contribution in [0.4, 0.5) is 5.69 Å². The number of amides is 1. The van der Waals surface area contributed by atoms with Gasteiger partial charge in [0, 0.05) is 5.69 Å². The number of nitrogens with one attached hydrogen (secondary N) is 1. The summed E-state index contributed by atoms with van der Waals surface area (Å²) in [6.07, 6.45) is 2.60. The van der Waals surface area contributed by atoms with Crippen molar-refractivity contribution in [1.29, 1.82) is 0 Å². The van der Waals surface area contributed by atoms with Crippen molar-refractivity contribution in [3.8, 4) is 0 Å². The molecule has 0 aliphatic heterocycles. The van der Waals surface area contributed by atoms with E-state index in [0.29, 0.717) is 0 Å². The third-order valence-electron chi connectivity index (χ3n) is 2.54. The quantitative estimate of drug-likeness (QED) is 0.800. The highest BCUT2D eigenvalue weighted by Gasteiger charge is 2.11. The molecule has 0 aliphatic rings. The summed E-state index contributed by atoms with van der Waals surface area (Å²) in [4.78, 5) is 11.7. The lowest BCUT2D eigenvalue weighted by Crippen LogP contribution is -2.35. The van der Waals surface area contributed by atoms with E-state index >= 15 is 0 Å². The van der Waals surface area contributed by atoms with Gasteiger partial charge in [-0.1, -0.05) is 32.4 Å². The van der Waals surface area contributed by atoms with Crippen LogP contribution in [0.2, 0.25) is 0 Å². The van der Waals surface area contributed by atoms with Gasteiger partial charge in [0.15, 0.2) is 0 Å². The Morgan fingerprint density at radius 1 is 1.44 bits per heavy atom. The number of carbonyl (C=O) groups is 1. The first-order valence-electron chi connectivity index (χ1n) is 5.82. The Hall–Kier alpha value is -1.35. The number of hydrogen-bond acceptors (Lipinski definition) is 2. The van der Waals surface area contributed by atoms with Crippen molar-refractivity contribution >= 4 is 11.6 Å². The molecule has 0 aromatic heterocycles. The van der Waals surface area contributed by atoms with Gasteiger partial charge in [0.05, 0.1) is 6.04 Å². The number of hydrogen-bond donors (Lipinski definition) is 2. The monoisotopic (exact) mass is 220 g/mol. The summed E-state index contributed by atoms with van der Waals surface area (Å²) in [6.45, 7) is 4.11. The summed E-state index contributed by atoms with van der Waals surface area (Å²) < 4.78 is 0. The Morgan fingerprint density at radius 2 is 2.19 bits per heavy atom. The van der Waals surface area contributed by atoms with Crippen molar-refractivity contribution in [2.45, 2.75) is 39.2 Å². The van der Waals surface area contributed by atoms with Crippen molar-refractivity contribution in [3.05, 3.63) is 29.8 Å². The predicted molar refractivity (Wildman–Crippen MR) is 67.3 cm³/mol. The molecule has 0 saturated heterocycles. The Bertz CT molecular complexity index is 350. The molecule has 0 aliphatic carbocycles. The van der Waals surface area contributed by atoms with Crippen LogP contribution in [0.15, 0.2) is 24.3 Å². The lowest BCUT2D eigenvalue weighted by atomic mass is 10.1. The number of nitrogens with two attached hydrogens (primary N) is 1. The van der Waals surface area contributed by atoms with E-state index in [9.17, 15) is 4.79 Å². The van der Waals surface area contributed by atoms with Crippen molar-refractivity contribution in [2.24, 2.45) is 5.73 Å². The van der Waals surface area contributed by atoms with E-state index in [0.717, 1.165) is 24.9 Å². The molecule has 0 heterocycles. The molecule has 0 bridgehead atoms. The number of benzene rings is 1. The molecule has 1 aromatic rings. The van der Waals surface area contributed by atoms with Gasteiger partial charge in [-0.15, -0.1) is 0 Å². The first kappa shape index (κ1) is 12.7. The number of rotatable bonds is 5. The van der Waals surface area contributed by atoms with Gasteiger partial charge in [-0.2, -0.15) is 0 Å². The molecule has 0 radical (unpaired) electrons. The third kappa shape index (κ3) is 3.66. The topological polar surface area (TPSA) is 55.1 Å². The van der Waals surface area contributed by atoms with Crippen LogP contribution in [0.3, 0.4) is 0 Å². The maximum atomic E-state index is 11.7. The molecule has 0 fully saturated rings. The first-order valence-corrected chi connectivity index (χ1v) is 5.82.